The Bertz CT molecular complexity index is 1800. The van der Waals surface area contributed by atoms with Crippen LogP contribution in [0.3, 0.4) is 0 Å². The first-order valence-electron chi connectivity index (χ1n) is 16.8. The highest BCUT2D eigenvalue weighted by atomic mass is 19.3. The van der Waals surface area contributed by atoms with Gasteiger partial charge in [-0.15, -0.1) is 0 Å². The van der Waals surface area contributed by atoms with Gasteiger partial charge in [-0.05, 0) is 71.5 Å². The zero-order valence-electron chi connectivity index (χ0n) is 27.3. The van der Waals surface area contributed by atoms with E-state index in [0.29, 0.717) is 63.1 Å². The first kappa shape index (κ1) is 33.2. The SMILES string of the molecule is CC1CCCCCn2c(=O)nc(c3cc(C4(C#N)CCOCC4)c(=O)n(C)c32)N[C@H](C)c2cccc(c2F)C(F)(F)C2CCN1CC2. The molecule has 6 bridgehead atoms. The van der Waals surface area contributed by atoms with Gasteiger partial charge in [0.15, 0.2) is 0 Å². The van der Waals surface area contributed by atoms with Crippen molar-refractivity contribution in [3.05, 3.63) is 67.6 Å². The molecular formula is C35H43F3N6O3. The molecule has 252 valence electrons. The fourth-order valence-electron chi connectivity index (χ4n) is 7.77. The minimum atomic E-state index is -3.36. The molecule has 0 aliphatic carbocycles. The van der Waals surface area contributed by atoms with Crippen LogP contribution in [0.1, 0.15) is 87.9 Å². The van der Waals surface area contributed by atoms with Gasteiger partial charge in [0, 0.05) is 49.9 Å². The molecule has 1 N–H and O–H groups in total. The number of aryl methyl sites for hydroxylation is 2. The summed E-state index contributed by atoms with van der Waals surface area (Å²) in [4.78, 5) is 34.1. The Balaban J connectivity index is 1.51. The molecule has 9 rings (SSSR count). The van der Waals surface area contributed by atoms with Gasteiger partial charge in [-0.1, -0.05) is 31.0 Å². The molecule has 1 aromatic carbocycles. The zero-order valence-corrected chi connectivity index (χ0v) is 27.3. The van der Waals surface area contributed by atoms with Crippen LogP contribution in [0.5, 0.6) is 0 Å². The van der Waals surface area contributed by atoms with Gasteiger partial charge in [-0.25, -0.2) is 18.0 Å². The van der Waals surface area contributed by atoms with E-state index in [-0.39, 0.29) is 41.4 Å². The number of ether oxygens (including phenoxy) is 1. The lowest BCUT2D eigenvalue weighted by atomic mass is 9.76. The van der Waals surface area contributed by atoms with Gasteiger partial charge >= 0.3 is 5.69 Å². The molecule has 12 heteroatoms. The van der Waals surface area contributed by atoms with Crippen molar-refractivity contribution in [2.75, 3.05) is 31.6 Å². The summed E-state index contributed by atoms with van der Waals surface area (Å²) in [7, 11) is 1.58. The first-order valence-corrected chi connectivity index (χ1v) is 16.8. The number of benzene rings is 1. The van der Waals surface area contributed by atoms with Crippen LogP contribution in [0.4, 0.5) is 19.0 Å². The van der Waals surface area contributed by atoms with Crippen LogP contribution < -0.4 is 16.6 Å². The number of alkyl halides is 2. The molecule has 0 spiro atoms. The van der Waals surface area contributed by atoms with Gasteiger partial charge in [-0.2, -0.15) is 10.2 Å². The number of nitrogens with one attached hydrogen (secondary N) is 1. The maximum atomic E-state index is 16.1. The van der Waals surface area contributed by atoms with Gasteiger partial charge in [0.2, 0.25) is 0 Å². The van der Waals surface area contributed by atoms with Gasteiger partial charge in [0.25, 0.3) is 11.5 Å². The molecular weight excluding hydrogens is 609 g/mol. The number of hydrogen-bond acceptors (Lipinski definition) is 7. The van der Waals surface area contributed by atoms with E-state index in [1.165, 1.54) is 27.3 Å². The Hall–Kier alpha value is -3.69. The van der Waals surface area contributed by atoms with Crippen LogP contribution >= 0.6 is 0 Å². The normalized spacial score (nSPS) is 26.4. The Morgan fingerprint density at radius 3 is 2.45 bits per heavy atom. The molecule has 0 radical (unpaired) electrons. The van der Waals surface area contributed by atoms with Crippen molar-refractivity contribution in [3.8, 4) is 6.07 Å². The van der Waals surface area contributed by atoms with Gasteiger partial charge in [-0.3, -0.25) is 13.9 Å². The zero-order chi connectivity index (χ0) is 33.5. The summed E-state index contributed by atoms with van der Waals surface area (Å²) in [6.45, 7) is 5.81. The molecule has 0 amide bonds. The summed E-state index contributed by atoms with van der Waals surface area (Å²) in [6, 6.07) is 7.41. The summed E-state index contributed by atoms with van der Waals surface area (Å²) >= 11 is 0. The van der Waals surface area contributed by atoms with Crippen molar-refractivity contribution >= 4 is 16.9 Å². The summed E-state index contributed by atoms with van der Waals surface area (Å²) in [5, 5.41) is 13.9. The number of halogens is 3. The fourth-order valence-corrected chi connectivity index (χ4v) is 7.77. The maximum absolute atomic E-state index is 16.1. The van der Waals surface area contributed by atoms with Crippen LogP contribution in [0, 0.1) is 23.1 Å². The van der Waals surface area contributed by atoms with Crippen LogP contribution in [0.25, 0.3) is 11.0 Å². The van der Waals surface area contributed by atoms with E-state index in [9.17, 15) is 14.9 Å². The van der Waals surface area contributed by atoms with Gasteiger partial charge in [0.1, 0.15) is 17.3 Å². The molecule has 6 aliphatic heterocycles. The second-order valence-corrected chi connectivity index (χ2v) is 13.6. The topological polar surface area (TPSA) is 105 Å². The highest BCUT2D eigenvalue weighted by Crippen LogP contribution is 2.44. The van der Waals surface area contributed by atoms with Crippen LogP contribution in [0.15, 0.2) is 33.9 Å². The van der Waals surface area contributed by atoms with E-state index >= 15 is 13.2 Å². The lowest BCUT2D eigenvalue weighted by Gasteiger charge is -2.39. The van der Waals surface area contributed by atoms with E-state index < -0.39 is 40.4 Å². The van der Waals surface area contributed by atoms with Gasteiger partial charge < -0.3 is 15.0 Å². The van der Waals surface area contributed by atoms with Crippen LogP contribution in [-0.2, 0) is 29.7 Å². The Labute approximate surface area is 272 Å². The maximum Gasteiger partial charge on any atom is 0.351 e. The summed E-state index contributed by atoms with van der Waals surface area (Å²) in [5.41, 5.74) is -2.05. The quantitative estimate of drug-likeness (QED) is 0.357. The number of pyridine rings is 1. The minimum Gasteiger partial charge on any atom is -0.381 e. The fraction of sp³-hybridized carbons (Fsp3) is 0.600. The molecule has 0 saturated carbocycles. The molecule has 2 aromatic heterocycles. The second-order valence-electron chi connectivity index (χ2n) is 13.6. The van der Waals surface area contributed by atoms with Crippen molar-refractivity contribution in [1.29, 1.82) is 5.26 Å². The number of aromatic nitrogens is 3. The highest BCUT2D eigenvalue weighted by molar-refractivity contribution is 5.88. The third-order valence-electron chi connectivity index (χ3n) is 10.8. The number of nitrogens with zero attached hydrogens (tertiary/aromatic N) is 5. The Morgan fingerprint density at radius 2 is 1.74 bits per heavy atom. The van der Waals surface area contributed by atoms with Crippen molar-refractivity contribution in [2.45, 2.75) is 95.2 Å². The standard InChI is InChI=1S/C35H43F3N6O3/c1-22-8-5-4-6-15-44-31-26(20-28(32(45)42(31)3)34(21-39)13-18-47-19-14-34)30(41-33(44)46)40-23(2)25-9-7-10-27(29(25)36)35(37,38)24-11-16-43(22)17-12-24/h7,9-10,20,22-24H,4-6,8,11-19H2,1-3H3,(H,40,41,46)/t22?,23-/m1/s1. The van der Waals surface area contributed by atoms with Crippen LogP contribution in [-0.4, -0.2) is 51.4 Å². The molecule has 2 saturated heterocycles. The second kappa shape index (κ2) is 13.1. The smallest absolute Gasteiger partial charge is 0.351 e. The lowest BCUT2D eigenvalue weighted by Crippen LogP contribution is -2.43. The predicted octanol–water partition coefficient (Wildman–Crippen LogP) is 5.75. The third-order valence-corrected chi connectivity index (χ3v) is 10.8. The summed E-state index contributed by atoms with van der Waals surface area (Å²) in [5.74, 6) is -5.22. The van der Waals surface area contributed by atoms with Crippen LogP contribution in [0.2, 0.25) is 0 Å². The van der Waals surface area contributed by atoms with Crippen molar-refractivity contribution in [3.63, 3.8) is 0 Å². The lowest BCUT2D eigenvalue weighted by molar-refractivity contribution is -0.0907. The minimum absolute atomic E-state index is 0.0183. The predicted molar refractivity (Wildman–Crippen MR) is 173 cm³/mol. The van der Waals surface area contributed by atoms with E-state index in [4.69, 9.17) is 4.74 Å². The van der Waals surface area contributed by atoms with Crippen molar-refractivity contribution in [2.24, 2.45) is 13.0 Å². The first-order chi connectivity index (χ1) is 22.5. The van der Waals surface area contributed by atoms with Crippen molar-refractivity contribution in [1.82, 2.24) is 19.0 Å². The number of rotatable bonds is 1. The largest absolute Gasteiger partial charge is 0.381 e. The number of anilines is 1. The summed E-state index contributed by atoms with van der Waals surface area (Å²) in [6.07, 6.45) is 4.53. The number of hydrogen-bond donors (Lipinski definition) is 1. The Kier molecular flexibility index (Phi) is 9.24. The molecule has 47 heavy (non-hydrogen) atoms. The van der Waals surface area contributed by atoms with E-state index in [0.717, 1.165) is 19.3 Å². The highest BCUT2D eigenvalue weighted by Gasteiger charge is 2.45. The van der Waals surface area contributed by atoms with E-state index in [1.54, 1.807) is 20.0 Å². The molecule has 6 aliphatic rings. The molecule has 2 fully saturated rings. The number of nitriles is 1. The monoisotopic (exact) mass is 652 g/mol. The average molecular weight is 653 g/mol. The van der Waals surface area contributed by atoms with Crippen molar-refractivity contribution < 1.29 is 17.9 Å². The molecule has 1 unspecified atom stereocenters. The van der Waals surface area contributed by atoms with E-state index in [2.05, 4.69) is 28.2 Å². The third kappa shape index (κ3) is 5.97. The molecule has 2 atom stereocenters. The van der Waals surface area contributed by atoms with E-state index in [1.807, 2.05) is 0 Å². The molecule has 8 heterocycles. The average Bonchev–Trinajstić information content (AvgIpc) is 3.07. The summed E-state index contributed by atoms with van der Waals surface area (Å²) < 4.78 is 56.5. The Morgan fingerprint density at radius 1 is 1.02 bits per heavy atom. The number of piperidine rings is 1. The molecule has 9 nitrogen and oxygen atoms in total. The molecule has 3 aromatic rings. The van der Waals surface area contributed by atoms with Gasteiger partial charge in [0.05, 0.1) is 28.5 Å².